The van der Waals surface area contributed by atoms with Crippen LogP contribution in [0.4, 0.5) is 4.79 Å². The smallest absolute Gasteiger partial charge is 0.317 e. The summed E-state index contributed by atoms with van der Waals surface area (Å²) in [5, 5.41) is 7.20. The maximum Gasteiger partial charge on any atom is 0.317 e. The van der Waals surface area contributed by atoms with Gasteiger partial charge in [0.05, 0.1) is 0 Å². The van der Waals surface area contributed by atoms with Crippen LogP contribution >= 0.6 is 23.2 Å². The summed E-state index contributed by atoms with van der Waals surface area (Å²) in [4.78, 5) is 26.1. The summed E-state index contributed by atoms with van der Waals surface area (Å²) >= 11 is 12.0. The van der Waals surface area contributed by atoms with Crippen LogP contribution in [-0.4, -0.2) is 42.5 Å². The van der Waals surface area contributed by atoms with E-state index in [1.54, 1.807) is 12.1 Å². The molecule has 1 saturated carbocycles. The average Bonchev–Trinajstić information content (AvgIpc) is 3.41. The van der Waals surface area contributed by atoms with Crippen LogP contribution < -0.4 is 10.6 Å². The van der Waals surface area contributed by atoms with Gasteiger partial charge in [0.15, 0.2) is 0 Å². The lowest BCUT2D eigenvalue weighted by atomic mass is 9.96. The van der Waals surface area contributed by atoms with Crippen molar-refractivity contribution in [1.29, 1.82) is 0 Å². The second-order valence-electron chi connectivity index (χ2n) is 6.76. The van der Waals surface area contributed by atoms with Gasteiger partial charge < -0.3 is 15.5 Å². The van der Waals surface area contributed by atoms with Gasteiger partial charge in [0.25, 0.3) is 0 Å². The molecule has 1 heterocycles. The monoisotopic (exact) mass is 383 g/mol. The molecule has 2 fully saturated rings. The summed E-state index contributed by atoms with van der Waals surface area (Å²) in [6.07, 6.45) is 4.27. The third kappa shape index (κ3) is 5.25. The van der Waals surface area contributed by atoms with E-state index < -0.39 is 0 Å². The number of rotatable bonds is 5. The van der Waals surface area contributed by atoms with Crippen molar-refractivity contribution in [2.75, 3.05) is 19.6 Å². The lowest BCUT2D eigenvalue weighted by Gasteiger charge is -2.31. The van der Waals surface area contributed by atoms with Gasteiger partial charge in [-0.3, -0.25) is 4.79 Å². The highest BCUT2D eigenvalue weighted by Gasteiger charge is 2.30. The molecule has 136 valence electrons. The number of likely N-dealkylation sites (tertiary alicyclic amines) is 1. The fourth-order valence-electron chi connectivity index (χ4n) is 3.03. The van der Waals surface area contributed by atoms with Crippen LogP contribution in [0, 0.1) is 5.92 Å². The molecule has 0 bridgehead atoms. The van der Waals surface area contributed by atoms with E-state index in [0.29, 0.717) is 55.0 Å². The third-order valence-corrected chi connectivity index (χ3v) is 5.35. The molecule has 0 spiro atoms. The predicted molar refractivity (Wildman–Crippen MR) is 99.0 cm³/mol. The topological polar surface area (TPSA) is 61.4 Å². The fraction of sp³-hybridized carbons (Fsp3) is 0.556. The number of carbonyl (C=O) groups is 2. The molecule has 1 saturated heterocycles. The van der Waals surface area contributed by atoms with Crippen LogP contribution in [0.1, 0.15) is 31.2 Å². The molecule has 1 aliphatic heterocycles. The molecular weight excluding hydrogens is 361 g/mol. The van der Waals surface area contributed by atoms with Crippen molar-refractivity contribution < 1.29 is 9.59 Å². The first kappa shape index (κ1) is 18.3. The van der Waals surface area contributed by atoms with E-state index in [4.69, 9.17) is 23.2 Å². The molecule has 0 aromatic heterocycles. The van der Waals surface area contributed by atoms with Gasteiger partial charge in [0.1, 0.15) is 0 Å². The van der Waals surface area contributed by atoms with E-state index in [-0.39, 0.29) is 17.9 Å². The molecule has 2 N–H and O–H groups in total. The number of halogens is 2. The summed E-state index contributed by atoms with van der Waals surface area (Å²) in [6, 6.07) is 5.77. The number of benzene rings is 1. The molecule has 3 amide bonds. The predicted octanol–water partition coefficient (Wildman–Crippen LogP) is 3.24. The van der Waals surface area contributed by atoms with Gasteiger partial charge in [-0.2, -0.15) is 0 Å². The van der Waals surface area contributed by atoms with Crippen LogP contribution in [0.15, 0.2) is 18.2 Å². The average molecular weight is 384 g/mol. The Morgan fingerprint density at radius 3 is 2.48 bits per heavy atom. The van der Waals surface area contributed by atoms with E-state index in [2.05, 4.69) is 10.6 Å². The number of hydrogen-bond donors (Lipinski definition) is 2. The Kier molecular flexibility index (Phi) is 6.07. The Bertz CT molecular complexity index is 641. The molecule has 1 aromatic carbocycles. The third-order valence-electron chi connectivity index (χ3n) is 4.77. The van der Waals surface area contributed by atoms with Crippen molar-refractivity contribution in [3.63, 3.8) is 0 Å². The minimum absolute atomic E-state index is 0.0127. The maximum absolute atomic E-state index is 12.3. The first-order valence-corrected chi connectivity index (χ1v) is 9.55. The van der Waals surface area contributed by atoms with E-state index >= 15 is 0 Å². The Hall–Kier alpha value is -1.46. The van der Waals surface area contributed by atoms with Crippen molar-refractivity contribution in [2.24, 2.45) is 5.92 Å². The van der Waals surface area contributed by atoms with Crippen LogP contribution in [0.25, 0.3) is 0 Å². The largest absolute Gasteiger partial charge is 0.356 e. The molecule has 7 heteroatoms. The summed E-state index contributed by atoms with van der Waals surface area (Å²) in [6.45, 7) is 1.82. The number of carbonyl (C=O) groups excluding carboxylic acids is 2. The second kappa shape index (κ2) is 8.28. The van der Waals surface area contributed by atoms with Gasteiger partial charge in [-0.1, -0.05) is 29.3 Å². The zero-order chi connectivity index (χ0) is 17.8. The van der Waals surface area contributed by atoms with Crippen molar-refractivity contribution in [1.82, 2.24) is 15.5 Å². The maximum atomic E-state index is 12.3. The zero-order valence-corrected chi connectivity index (χ0v) is 15.6. The van der Waals surface area contributed by atoms with Crippen molar-refractivity contribution in [3.05, 3.63) is 33.8 Å². The van der Waals surface area contributed by atoms with Crippen LogP contribution in [0.3, 0.4) is 0 Å². The van der Waals surface area contributed by atoms with Gasteiger partial charge in [-0.15, -0.1) is 0 Å². The number of nitrogens with zero attached hydrogens (tertiary/aromatic N) is 1. The summed E-state index contributed by atoms with van der Waals surface area (Å²) in [5.41, 5.74) is 0.970. The number of piperidine rings is 1. The first-order valence-electron chi connectivity index (χ1n) is 8.80. The Labute approximate surface area is 158 Å². The van der Waals surface area contributed by atoms with E-state index in [1.807, 2.05) is 11.0 Å². The number of nitrogens with one attached hydrogen (secondary N) is 2. The van der Waals surface area contributed by atoms with Crippen LogP contribution in [0.2, 0.25) is 10.0 Å². The Balaban J connectivity index is 1.38. The van der Waals surface area contributed by atoms with Crippen LogP contribution in [0.5, 0.6) is 0 Å². The van der Waals surface area contributed by atoms with Gasteiger partial charge in [-0.25, -0.2) is 4.79 Å². The van der Waals surface area contributed by atoms with Gasteiger partial charge >= 0.3 is 6.03 Å². The highest BCUT2D eigenvalue weighted by molar-refractivity contribution is 6.35. The van der Waals surface area contributed by atoms with E-state index in [1.165, 1.54) is 0 Å². The normalized spacial score (nSPS) is 18.1. The first-order chi connectivity index (χ1) is 12.0. The SMILES string of the molecule is O=C(NCCc1ccc(Cl)cc1Cl)C1CCN(C(=O)NC2CC2)CC1. The lowest BCUT2D eigenvalue weighted by Crippen LogP contribution is -2.47. The number of urea groups is 1. The molecular formula is C18H23Cl2N3O2. The second-order valence-corrected chi connectivity index (χ2v) is 7.61. The van der Waals surface area contributed by atoms with Crippen molar-refractivity contribution in [3.8, 4) is 0 Å². The highest BCUT2D eigenvalue weighted by Crippen LogP contribution is 2.22. The van der Waals surface area contributed by atoms with E-state index in [9.17, 15) is 9.59 Å². The molecule has 1 aliphatic carbocycles. The molecule has 2 aliphatic rings. The summed E-state index contributed by atoms with van der Waals surface area (Å²) in [5.74, 6) is 0.0398. The molecule has 3 rings (SSSR count). The van der Waals surface area contributed by atoms with Crippen LogP contribution in [-0.2, 0) is 11.2 Å². The Morgan fingerprint density at radius 1 is 1.12 bits per heavy atom. The molecule has 25 heavy (non-hydrogen) atoms. The van der Waals surface area contributed by atoms with Crippen molar-refractivity contribution >= 4 is 35.1 Å². The Morgan fingerprint density at radius 2 is 1.84 bits per heavy atom. The summed E-state index contributed by atoms with van der Waals surface area (Å²) in [7, 11) is 0. The minimum atomic E-state index is -0.0225. The van der Waals surface area contributed by atoms with Gasteiger partial charge in [0.2, 0.25) is 5.91 Å². The highest BCUT2D eigenvalue weighted by atomic mass is 35.5. The molecule has 0 atom stereocenters. The van der Waals surface area contributed by atoms with Gasteiger partial charge in [-0.05, 0) is 49.8 Å². The number of amides is 3. The molecule has 5 nitrogen and oxygen atoms in total. The zero-order valence-electron chi connectivity index (χ0n) is 14.1. The van der Waals surface area contributed by atoms with Gasteiger partial charge in [0, 0.05) is 41.6 Å². The lowest BCUT2D eigenvalue weighted by molar-refractivity contribution is -0.126. The molecule has 0 unspecified atom stereocenters. The van der Waals surface area contributed by atoms with Crippen molar-refractivity contribution in [2.45, 2.75) is 38.1 Å². The fourth-order valence-corrected chi connectivity index (χ4v) is 3.53. The minimum Gasteiger partial charge on any atom is -0.356 e. The summed E-state index contributed by atoms with van der Waals surface area (Å²) < 4.78 is 0. The van der Waals surface area contributed by atoms with E-state index in [0.717, 1.165) is 18.4 Å². The number of hydrogen-bond acceptors (Lipinski definition) is 2. The molecule has 1 aromatic rings. The molecule has 0 radical (unpaired) electrons. The standard InChI is InChI=1S/C18H23Cl2N3O2/c19-14-2-1-12(16(20)11-14)5-8-21-17(24)13-6-9-23(10-7-13)18(25)22-15-3-4-15/h1-2,11,13,15H,3-10H2,(H,21,24)(H,22,25). The quantitative estimate of drug-likeness (QED) is 0.819.